The maximum atomic E-state index is 13.9. The van der Waals surface area contributed by atoms with Crippen molar-refractivity contribution in [2.24, 2.45) is 0 Å². The summed E-state index contributed by atoms with van der Waals surface area (Å²) in [6.45, 7) is 6.07. The molecule has 1 aliphatic rings. The van der Waals surface area contributed by atoms with Crippen molar-refractivity contribution in [1.29, 1.82) is 0 Å². The van der Waals surface area contributed by atoms with E-state index >= 15 is 0 Å². The second kappa shape index (κ2) is 8.44. The molecule has 3 heterocycles. The fourth-order valence-electron chi connectivity index (χ4n) is 3.37. The van der Waals surface area contributed by atoms with Crippen LogP contribution in [0.2, 0.25) is 0 Å². The first-order valence-corrected chi connectivity index (χ1v) is 9.83. The van der Waals surface area contributed by atoms with E-state index in [1.54, 1.807) is 4.90 Å². The van der Waals surface area contributed by atoms with Gasteiger partial charge in [0.05, 0.1) is 11.8 Å². The molecule has 8 heteroatoms. The summed E-state index contributed by atoms with van der Waals surface area (Å²) in [5, 5.41) is 3.32. The minimum absolute atomic E-state index is 0.0508. The van der Waals surface area contributed by atoms with Crippen molar-refractivity contribution in [2.75, 3.05) is 36.4 Å². The standard InChI is InChI=1S/C22H23FN6O/c1-15-3-5-17(6-4-15)26-20-13-16(2)25-22(27-20)29-11-9-28(10-12-29)21(30)18-7-8-24-14-19(18)23/h3-8,13-14H,9-12H2,1-2H3,(H,25,26,27). The third kappa shape index (κ3) is 4.37. The number of aromatic nitrogens is 3. The molecule has 3 aromatic rings. The van der Waals surface area contributed by atoms with Crippen LogP contribution in [0.25, 0.3) is 0 Å². The van der Waals surface area contributed by atoms with Crippen LogP contribution < -0.4 is 10.2 Å². The predicted molar refractivity (Wildman–Crippen MR) is 114 cm³/mol. The minimum atomic E-state index is -0.598. The number of pyridine rings is 1. The molecule has 0 saturated carbocycles. The Morgan fingerprint density at radius 3 is 2.47 bits per heavy atom. The second-order valence-corrected chi connectivity index (χ2v) is 7.32. The number of benzene rings is 1. The molecule has 2 aromatic heterocycles. The number of nitrogens with one attached hydrogen (secondary N) is 1. The molecule has 0 radical (unpaired) electrons. The highest BCUT2D eigenvalue weighted by molar-refractivity contribution is 5.94. The Morgan fingerprint density at radius 1 is 1.03 bits per heavy atom. The van der Waals surface area contributed by atoms with Crippen LogP contribution in [-0.4, -0.2) is 51.9 Å². The van der Waals surface area contributed by atoms with Gasteiger partial charge in [0.1, 0.15) is 5.82 Å². The molecular formula is C22H23FN6O. The van der Waals surface area contributed by atoms with E-state index in [0.29, 0.717) is 32.1 Å². The average Bonchev–Trinajstić information content (AvgIpc) is 2.75. The van der Waals surface area contributed by atoms with Gasteiger partial charge >= 0.3 is 0 Å². The number of nitrogens with zero attached hydrogens (tertiary/aromatic N) is 5. The van der Waals surface area contributed by atoms with E-state index < -0.39 is 5.82 Å². The molecule has 7 nitrogen and oxygen atoms in total. The zero-order valence-electron chi connectivity index (χ0n) is 17.0. The van der Waals surface area contributed by atoms with Gasteiger partial charge in [0.15, 0.2) is 5.82 Å². The number of aryl methyl sites for hydroxylation is 2. The summed E-state index contributed by atoms with van der Waals surface area (Å²) in [7, 11) is 0. The van der Waals surface area contributed by atoms with Crippen molar-refractivity contribution in [1.82, 2.24) is 19.9 Å². The van der Waals surface area contributed by atoms with Crippen molar-refractivity contribution in [3.05, 3.63) is 71.4 Å². The van der Waals surface area contributed by atoms with E-state index in [9.17, 15) is 9.18 Å². The number of hydrogen-bond donors (Lipinski definition) is 1. The van der Waals surface area contributed by atoms with Gasteiger partial charge in [0.2, 0.25) is 5.95 Å². The molecule has 1 saturated heterocycles. The van der Waals surface area contributed by atoms with E-state index in [1.165, 1.54) is 17.8 Å². The van der Waals surface area contributed by atoms with E-state index in [-0.39, 0.29) is 11.5 Å². The molecular weight excluding hydrogens is 383 g/mol. The lowest BCUT2D eigenvalue weighted by molar-refractivity contribution is 0.0741. The Morgan fingerprint density at radius 2 is 1.77 bits per heavy atom. The van der Waals surface area contributed by atoms with Crippen molar-refractivity contribution >= 4 is 23.4 Å². The van der Waals surface area contributed by atoms with Crippen LogP contribution in [0.15, 0.2) is 48.8 Å². The Balaban J connectivity index is 1.44. The number of anilines is 3. The van der Waals surface area contributed by atoms with Crippen molar-refractivity contribution in [3.63, 3.8) is 0 Å². The Bertz CT molecular complexity index is 1050. The van der Waals surface area contributed by atoms with Gasteiger partial charge in [-0.05, 0) is 32.0 Å². The molecule has 0 unspecified atom stereocenters. The fourth-order valence-corrected chi connectivity index (χ4v) is 3.37. The Hall–Kier alpha value is -3.55. The molecule has 1 aliphatic heterocycles. The van der Waals surface area contributed by atoms with Crippen LogP contribution in [0.5, 0.6) is 0 Å². The molecule has 0 aliphatic carbocycles. The van der Waals surface area contributed by atoms with Crippen LogP contribution >= 0.6 is 0 Å². The molecule has 0 spiro atoms. The number of hydrogen-bond acceptors (Lipinski definition) is 6. The van der Waals surface area contributed by atoms with Gasteiger partial charge in [-0.25, -0.2) is 9.37 Å². The van der Waals surface area contributed by atoms with Crippen molar-refractivity contribution in [3.8, 4) is 0 Å². The number of amides is 1. The lowest BCUT2D eigenvalue weighted by Gasteiger charge is -2.35. The van der Waals surface area contributed by atoms with Crippen LogP contribution in [0, 0.1) is 19.7 Å². The molecule has 4 rings (SSSR count). The smallest absolute Gasteiger partial charge is 0.257 e. The van der Waals surface area contributed by atoms with E-state index in [4.69, 9.17) is 0 Å². The summed E-state index contributed by atoms with van der Waals surface area (Å²) >= 11 is 0. The first kappa shape index (κ1) is 19.8. The first-order chi connectivity index (χ1) is 14.5. The Kier molecular flexibility index (Phi) is 5.56. The van der Waals surface area contributed by atoms with Crippen LogP contribution in [0.3, 0.4) is 0 Å². The van der Waals surface area contributed by atoms with Gasteiger partial charge in [0, 0.05) is 49.8 Å². The van der Waals surface area contributed by atoms with Crippen LogP contribution in [-0.2, 0) is 0 Å². The molecule has 154 valence electrons. The summed E-state index contributed by atoms with van der Waals surface area (Å²) in [4.78, 5) is 29.2. The quantitative estimate of drug-likeness (QED) is 0.716. The topological polar surface area (TPSA) is 74.2 Å². The maximum Gasteiger partial charge on any atom is 0.257 e. The largest absolute Gasteiger partial charge is 0.340 e. The van der Waals surface area contributed by atoms with Crippen LogP contribution in [0.1, 0.15) is 21.6 Å². The SMILES string of the molecule is Cc1ccc(Nc2cc(C)nc(N3CCN(C(=O)c4ccncc4F)CC3)n2)cc1. The fraction of sp³-hybridized carbons (Fsp3) is 0.273. The van der Waals surface area contributed by atoms with Gasteiger partial charge in [0.25, 0.3) is 5.91 Å². The number of rotatable bonds is 4. The zero-order valence-corrected chi connectivity index (χ0v) is 17.0. The van der Waals surface area contributed by atoms with E-state index in [2.05, 4.69) is 20.3 Å². The highest BCUT2D eigenvalue weighted by Gasteiger charge is 2.25. The number of halogens is 1. The molecule has 1 N–H and O–H groups in total. The summed E-state index contributed by atoms with van der Waals surface area (Å²) in [5.74, 6) is 0.422. The number of piperazine rings is 1. The van der Waals surface area contributed by atoms with Gasteiger partial charge in [-0.15, -0.1) is 0 Å². The van der Waals surface area contributed by atoms with E-state index in [1.807, 2.05) is 49.1 Å². The predicted octanol–water partition coefficient (Wildman–Crippen LogP) is 3.33. The lowest BCUT2D eigenvalue weighted by atomic mass is 10.2. The molecule has 1 fully saturated rings. The monoisotopic (exact) mass is 406 g/mol. The molecule has 0 bridgehead atoms. The van der Waals surface area contributed by atoms with Crippen LogP contribution in [0.4, 0.5) is 21.8 Å². The summed E-state index contributed by atoms with van der Waals surface area (Å²) < 4.78 is 13.9. The number of carbonyl (C=O) groups excluding carboxylic acids is 1. The molecule has 1 aromatic carbocycles. The first-order valence-electron chi connectivity index (χ1n) is 9.83. The second-order valence-electron chi connectivity index (χ2n) is 7.32. The average molecular weight is 406 g/mol. The summed E-state index contributed by atoms with van der Waals surface area (Å²) in [6.07, 6.45) is 2.49. The molecule has 1 amide bonds. The van der Waals surface area contributed by atoms with E-state index in [0.717, 1.165) is 23.4 Å². The lowest BCUT2D eigenvalue weighted by Crippen LogP contribution is -2.49. The zero-order chi connectivity index (χ0) is 21.1. The Labute approximate surface area is 174 Å². The molecule has 30 heavy (non-hydrogen) atoms. The highest BCUT2D eigenvalue weighted by atomic mass is 19.1. The van der Waals surface area contributed by atoms with Gasteiger partial charge in [-0.2, -0.15) is 4.98 Å². The molecule has 0 atom stereocenters. The maximum absolute atomic E-state index is 13.9. The van der Waals surface area contributed by atoms with Crippen molar-refractivity contribution in [2.45, 2.75) is 13.8 Å². The highest BCUT2D eigenvalue weighted by Crippen LogP contribution is 2.20. The van der Waals surface area contributed by atoms with Gasteiger partial charge in [-0.1, -0.05) is 17.7 Å². The minimum Gasteiger partial charge on any atom is -0.340 e. The van der Waals surface area contributed by atoms with Gasteiger partial charge < -0.3 is 15.1 Å². The third-order valence-electron chi connectivity index (χ3n) is 5.02. The van der Waals surface area contributed by atoms with Gasteiger partial charge in [-0.3, -0.25) is 9.78 Å². The normalized spacial score (nSPS) is 14.0. The summed E-state index contributed by atoms with van der Waals surface area (Å²) in [6, 6.07) is 11.4. The third-order valence-corrected chi connectivity index (χ3v) is 5.02. The number of carbonyl (C=O) groups is 1. The summed E-state index contributed by atoms with van der Waals surface area (Å²) in [5.41, 5.74) is 3.06. The van der Waals surface area contributed by atoms with Crippen molar-refractivity contribution < 1.29 is 9.18 Å².